The molecule has 0 radical (unpaired) electrons. The Morgan fingerprint density at radius 3 is 0.864 bits per heavy atom. The minimum absolute atomic E-state index is 0.0809. The monoisotopic (exact) mass is 1050 g/mol. The number of rotatable bonds is 20. The van der Waals surface area contributed by atoms with Crippen molar-refractivity contribution in [2.24, 2.45) is 41.4 Å². The first kappa shape index (κ1) is 52.8. The smallest absolute Gasteiger partial charge is 0.479 e. The van der Waals surface area contributed by atoms with Gasteiger partial charge in [-0.15, -0.1) is 0 Å². The van der Waals surface area contributed by atoms with Crippen LogP contribution >= 0.6 is 0 Å². The lowest BCUT2D eigenvalue weighted by molar-refractivity contribution is -0.0343. The van der Waals surface area contributed by atoms with Crippen LogP contribution in [0, 0.1) is 52.8 Å². The summed E-state index contributed by atoms with van der Waals surface area (Å²) in [7, 11) is -32.0. The second-order valence-corrected chi connectivity index (χ2v) is 46.1. The molecule has 66 heavy (non-hydrogen) atoms. The minimum atomic E-state index is -4.09. The lowest BCUT2D eigenvalue weighted by Crippen LogP contribution is -2.88. The van der Waals surface area contributed by atoms with Crippen LogP contribution in [-0.2, 0) is 49.4 Å². The van der Waals surface area contributed by atoms with Crippen molar-refractivity contribution in [1.82, 2.24) is 0 Å². The quantitative estimate of drug-likeness (QED) is 0.0916. The normalized spacial score (nSPS) is 35.2. The molecule has 0 saturated carbocycles. The van der Waals surface area contributed by atoms with E-state index < -0.39 is 70.4 Å². The fraction of sp³-hybridized carbons (Fsp3) is 0.705. The Kier molecular flexibility index (Phi) is 16.2. The van der Waals surface area contributed by atoms with Gasteiger partial charge in [-0.2, -0.15) is 5.26 Å². The van der Waals surface area contributed by atoms with Gasteiger partial charge in [0.05, 0.1) is 18.2 Å². The molecule has 6 heterocycles. The third-order valence-electron chi connectivity index (χ3n) is 11.4. The number of benzene rings is 2. The highest BCUT2D eigenvalue weighted by molar-refractivity contribution is 7.03. The van der Waals surface area contributed by atoms with E-state index in [-0.39, 0.29) is 41.4 Å². The van der Waals surface area contributed by atoms with Gasteiger partial charge in [-0.3, -0.25) is 0 Å². The second-order valence-electron chi connectivity index (χ2n) is 22.0. The zero-order valence-electron chi connectivity index (χ0n) is 42.0. The molecule has 0 spiro atoms. The summed E-state index contributed by atoms with van der Waals surface area (Å²) in [6.45, 7) is 30.6. The molecule has 2 aromatic carbocycles. The van der Waals surface area contributed by atoms with Crippen molar-refractivity contribution in [2.75, 3.05) is 6.61 Å². The Labute approximate surface area is 404 Å². The Bertz CT molecular complexity index is 1860. The van der Waals surface area contributed by atoms with E-state index in [0.717, 1.165) is 16.9 Å². The Hall–Kier alpha value is -1.01. The lowest BCUT2D eigenvalue weighted by Gasteiger charge is -2.64. The van der Waals surface area contributed by atoms with E-state index in [2.05, 4.69) is 103 Å². The van der Waals surface area contributed by atoms with E-state index in [9.17, 15) is 5.26 Å². The van der Waals surface area contributed by atoms with Gasteiger partial charge in [0.25, 0.3) is 0 Å². The average molecular weight is 1050 g/mol. The molecule has 0 aromatic heterocycles. The van der Waals surface area contributed by atoms with Crippen LogP contribution in [0.2, 0.25) is 48.4 Å². The van der Waals surface area contributed by atoms with Gasteiger partial charge in [0.2, 0.25) is 0 Å². The van der Waals surface area contributed by atoms with Crippen LogP contribution in [0.15, 0.2) is 48.5 Å². The third-order valence-corrected chi connectivity index (χ3v) is 51.5. The number of hydrogen-bond acceptors (Lipinski definition) is 14. The first-order chi connectivity index (χ1) is 30.9. The number of hydrogen-bond donors (Lipinski definition) is 0. The molecule has 0 N–H and O–H groups in total. The number of nitrogens with zero attached hydrogens (tertiary/aromatic N) is 1. The highest BCUT2D eigenvalue weighted by atomic mass is 28.6. The summed E-state index contributed by atoms with van der Waals surface area (Å²) >= 11 is 0. The van der Waals surface area contributed by atoms with Crippen LogP contribution in [-0.4, -0.2) is 77.0 Å². The van der Waals surface area contributed by atoms with Crippen molar-refractivity contribution in [3.63, 3.8) is 0 Å². The number of ether oxygens (including phenoxy) is 1. The molecule has 0 amide bonds. The van der Waals surface area contributed by atoms with Gasteiger partial charge in [0, 0.05) is 48.4 Å². The van der Waals surface area contributed by atoms with Gasteiger partial charge in [-0.05, 0) is 83.2 Å². The highest BCUT2D eigenvalue weighted by Gasteiger charge is 2.83. The summed E-state index contributed by atoms with van der Waals surface area (Å²) in [5, 5.41) is 9.27. The van der Waals surface area contributed by atoms with Crippen LogP contribution in [0.25, 0.3) is 11.1 Å². The molecule has 8 rings (SSSR count). The van der Waals surface area contributed by atoms with Crippen LogP contribution in [0.3, 0.4) is 0 Å². The van der Waals surface area contributed by atoms with Gasteiger partial charge in [-0.1, -0.05) is 121 Å². The molecular formula is C44H77NO13Si8. The Balaban J connectivity index is 1.40. The zero-order valence-corrected chi connectivity index (χ0v) is 50.0. The van der Waals surface area contributed by atoms with Gasteiger partial charge < -0.3 is 54.1 Å². The van der Waals surface area contributed by atoms with Gasteiger partial charge in [0.15, 0.2) is 0 Å². The molecule has 6 saturated heterocycles. The first-order valence-corrected chi connectivity index (χ1v) is 40.0. The maximum atomic E-state index is 9.27. The molecule has 0 unspecified atom stereocenters. The molecule has 14 nitrogen and oxygen atoms in total. The van der Waals surface area contributed by atoms with E-state index in [1.54, 1.807) is 0 Å². The van der Waals surface area contributed by atoms with Crippen molar-refractivity contribution < 1.29 is 54.1 Å². The van der Waals surface area contributed by atoms with Gasteiger partial charge in [0.1, 0.15) is 5.75 Å². The van der Waals surface area contributed by atoms with E-state index in [1.165, 1.54) is 0 Å². The molecule has 2 aromatic rings. The fourth-order valence-corrected chi connectivity index (χ4v) is 61.4. The first-order valence-electron chi connectivity index (χ1n) is 24.5. The molecule has 6 aliphatic rings. The van der Waals surface area contributed by atoms with Gasteiger partial charge >= 0.3 is 70.4 Å². The van der Waals surface area contributed by atoms with E-state index in [4.69, 9.17) is 54.1 Å². The van der Waals surface area contributed by atoms with Crippen LogP contribution < -0.4 is 4.74 Å². The molecule has 22 heteroatoms. The molecule has 0 aliphatic carbocycles. The Morgan fingerprint density at radius 2 is 0.621 bits per heavy atom. The van der Waals surface area contributed by atoms with Crippen molar-refractivity contribution in [3.05, 3.63) is 54.1 Å². The minimum Gasteiger partial charge on any atom is -0.494 e. The van der Waals surface area contributed by atoms with Crippen molar-refractivity contribution in [1.29, 1.82) is 5.26 Å². The van der Waals surface area contributed by atoms with E-state index >= 15 is 0 Å². The van der Waals surface area contributed by atoms with Gasteiger partial charge in [-0.25, -0.2) is 0 Å². The van der Waals surface area contributed by atoms with Crippen molar-refractivity contribution in [3.8, 4) is 22.9 Å². The molecule has 368 valence electrons. The van der Waals surface area contributed by atoms with Crippen molar-refractivity contribution >= 4 is 70.4 Å². The fourth-order valence-electron chi connectivity index (χ4n) is 9.83. The SMILES string of the molecule is CC(C)C[Si]12O[Si]3(CCCOc4ccc(-c5ccc(C#N)cc5)cc4)O[Si]4(CC(C)C)O[Si](CC(C)C)(O1)O[Si]1(CC(C)C)O[Si](CC(C)C)(O2)O[Si](CC(C)C)(O3)O[Si](CC(C)C)(O4)O1. The van der Waals surface area contributed by atoms with E-state index in [1.807, 2.05) is 48.5 Å². The topological polar surface area (TPSA) is 144 Å². The van der Waals surface area contributed by atoms with Crippen LogP contribution in [0.1, 0.15) is 109 Å². The number of nitriles is 1. The predicted molar refractivity (Wildman–Crippen MR) is 268 cm³/mol. The summed E-state index contributed by atoms with van der Waals surface area (Å²) in [5.74, 6) is 1.38. The van der Waals surface area contributed by atoms with Crippen LogP contribution in [0.5, 0.6) is 5.75 Å². The summed E-state index contributed by atoms with van der Waals surface area (Å²) in [5.41, 5.74) is 2.69. The largest absolute Gasteiger partial charge is 0.494 e. The zero-order chi connectivity index (χ0) is 48.0. The predicted octanol–water partition coefficient (Wildman–Crippen LogP) is 11.4. The standard InChI is InChI=1S/C44H77NO13Si8/c1-34(2)27-60-47-59(25-15-24-46-44-22-20-43(21-23-44)42-18-16-41(26-45)17-19-42)48-61(28-35(3)4)52-63(50-60,30-37(7)8)56-66(33-40(13)14)57-64(51-60,31-38(9)10)53-62(49-59,29-36(5)6)55-65(54-61,58-66)32-39(11)12/h16-23,34-40H,15,24-25,27-33H2,1-14H3. The summed E-state index contributed by atoms with van der Waals surface area (Å²) in [6.07, 6.45) is 0.514. The average Bonchev–Trinajstić information content (AvgIpc) is 3.11. The van der Waals surface area contributed by atoms with Crippen LogP contribution in [0.4, 0.5) is 0 Å². The summed E-state index contributed by atoms with van der Waals surface area (Å²) in [6, 6.07) is 21.3. The molecular weight excluding hydrogens is 975 g/mol. The van der Waals surface area contributed by atoms with Crippen molar-refractivity contribution in [2.45, 2.75) is 152 Å². The molecule has 6 fully saturated rings. The maximum Gasteiger partial charge on any atom is 0.479 e. The molecule has 6 aliphatic heterocycles. The lowest BCUT2D eigenvalue weighted by atomic mass is 10.0. The second kappa shape index (κ2) is 20.2. The third kappa shape index (κ3) is 12.3. The summed E-state index contributed by atoms with van der Waals surface area (Å²) in [4.78, 5) is 0. The highest BCUT2D eigenvalue weighted by Crippen LogP contribution is 2.56. The van der Waals surface area contributed by atoms with E-state index in [0.29, 0.717) is 66.9 Å². The molecule has 0 atom stereocenters. The Morgan fingerprint density at radius 1 is 0.379 bits per heavy atom. The molecule has 8 bridgehead atoms. The maximum absolute atomic E-state index is 9.27. The summed E-state index contributed by atoms with van der Waals surface area (Å²) < 4.78 is 101.